The second kappa shape index (κ2) is 5.02. The molecule has 0 unspecified atom stereocenters. The second-order valence-electron chi connectivity index (χ2n) is 4.17. The Morgan fingerprint density at radius 1 is 1.33 bits per heavy atom. The van der Waals surface area contributed by atoms with Gasteiger partial charge in [-0.15, -0.1) is 0 Å². The van der Waals surface area contributed by atoms with E-state index in [9.17, 15) is 0 Å². The third-order valence-corrected chi connectivity index (χ3v) is 2.83. The number of nitrogens with one attached hydrogen (secondary N) is 1. The average molecular weight is 281 g/mol. The van der Waals surface area contributed by atoms with Crippen molar-refractivity contribution in [1.29, 1.82) is 5.26 Å². The summed E-state index contributed by atoms with van der Waals surface area (Å²) in [5.74, 6) is 1.22. The van der Waals surface area contributed by atoms with Crippen LogP contribution in [-0.2, 0) is 0 Å². The highest BCUT2D eigenvalue weighted by Crippen LogP contribution is 2.35. The first-order chi connectivity index (χ1) is 10.2. The van der Waals surface area contributed by atoms with Crippen molar-refractivity contribution in [1.82, 2.24) is 9.97 Å². The number of anilines is 2. The van der Waals surface area contributed by atoms with Crippen LogP contribution in [0, 0.1) is 11.3 Å². The van der Waals surface area contributed by atoms with Gasteiger partial charge >= 0.3 is 0 Å². The lowest BCUT2D eigenvalue weighted by Crippen LogP contribution is -2.01. The number of hydrogen-bond donors (Lipinski definition) is 2. The van der Waals surface area contributed by atoms with Crippen molar-refractivity contribution in [2.24, 2.45) is 0 Å². The van der Waals surface area contributed by atoms with Gasteiger partial charge in [-0.1, -0.05) is 12.1 Å². The number of rotatable bonds is 3. The van der Waals surface area contributed by atoms with Gasteiger partial charge in [-0.25, -0.2) is 0 Å². The van der Waals surface area contributed by atoms with Crippen molar-refractivity contribution in [2.45, 2.75) is 0 Å². The molecule has 0 saturated heterocycles. The molecule has 0 radical (unpaired) electrons. The number of hydrogen-bond acceptors (Lipinski definition) is 7. The minimum Gasteiger partial charge on any atom is -0.442 e. The Morgan fingerprint density at radius 3 is 2.90 bits per heavy atom. The number of benzene rings is 1. The number of furan rings is 1. The van der Waals surface area contributed by atoms with Crippen LogP contribution < -0.4 is 15.8 Å². The van der Waals surface area contributed by atoms with Gasteiger partial charge in [-0.3, -0.25) is 0 Å². The zero-order chi connectivity index (χ0) is 14.8. The summed E-state index contributed by atoms with van der Waals surface area (Å²) in [6.07, 6.45) is 0. The van der Waals surface area contributed by atoms with Crippen molar-refractivity contribution < 1.29 is 9.15 Å². The van der Waals surface area contributed by atoms with Gasteiger partial charge in [-0.05, 0) is 12.1 Å². The zero-order valence-corrected chi connectivity index (χ0v) is 11.1. The van der Waals surface area contributed by atoms with Crippen LogP contribution in [0.25, 0.3) is 11.0 Å². The molecule has 3 aromatic rings. The van der Waals surface area contributed by atoms with Crippen LogP contribution in [0.15, 0.2) is 34.7 Å². The molecule has 2 heterocycles. The molecule has 2 aromatic heterocycles. The van der Waals surface area contributed by atoms with E-state index in [1.165, 1.54) is 0 Å². The van der Waals surface area contributed by atoms with Gasteiger partial charge in [0.1, 0.15) is 17.5 Å². The molecule has 0 atom stereocenters. The first-order valence-electron chi connectivity index (χ1n) is 6.13. The molecule has 7 nitrogen and oxygen atoms in total. The molecule has 104 valence electrons. The van der Waals surface area contributed by atoms with Gasteiger partial charge < -0.3 is 20.2 Å². The fourth-order valence-corrected chi connectivity index (χ4v) is 1.92. The molecule has 0 aliphatic carbocycles. The van der Waals surface area contributed by atoms with Crippen LogP contribution in [0.1, 0.15) is 5.76 Å². The van der Waals surface area contributed by atoms with E-state index in [1.807, 2.05) is 18.2 Å². The number of para-hydroxylation sites is 1. The molecule has 0 amide bonds. The maximum atomic E-state index is 9.16. The Morgan fingerprint density at radius 2 is 2.14 bits per heavy atom. The van der Waals surface area contributed by atoms with E-state index in [4.69, 9.17) is 20.1 Å². The van der Waals surface area contributed by atoms with E-state index in [-0.39, 0.29) is 17.6 Å². The van der Waals surface area contributed by atoms with Crippen molar-refractivity contribution in [3.8, 4) is 17.7 Å². The Balaban J connectivity index is 2.09. The fraction of sp³-hybridized carbons (Fsp3) is 0.0714. The van der Waals surface area contributed by atoms with E-state index in [0.29, 0.717) is 22.5 Å². The molecule has 0 fully saturated rings. The van der Waals surface area contributed by atoms with Crippen molar-refractivity contribution in [3.63, 3.8) is 0 Å². The fourth-order valence-electron chi connectivity index (χ4n) is 1.92. The van der Waals surface area contributed by atoms with E-state index >= 15 is 0 Å². The molecule has 0 saturated carbocycles. The normalized spacial score (nSPS) is 10.3. The van der Waals surface area contributed by atoms with Crippen LogP contribution in [0.2, 0.25) is 0 Å². The van der Waals surface area contributed by atoms with Gasteiger partial charge in [0.25, 0.3) is 0 Å². The van der Waals surface area contributed by atoms with Crippen LogP contribution in [0.3, 0.4) is 0 Å². The van der Waals surface area contributed by atoms with E-state index in [1.54, 1.807) is 25.2 Å². The number of nitrogens with two attached hydrogens (primary N) is 1. The largest absolute Gasteiger partial charge is 0.442 e. The summed E-state index contributed by atoms with van der Waals surface area (Å²) in [5, 5.41) is 12.7. The van der Waals surface area contributed by atoms with Gasteiger partial charge in [0.15, 0.2) is 5.75 Å². The monoisotopic (exact) mass is 281 g/mol. The predicted molar refractivity (Wildman–Crippen MR) is 77.0 cm³/mol. The Bertz CT molecular complexity index is 850. The SMILES string of the molecule is CNc1cc(Oc2c(C#N)oc3ccccc23)nc(N)n1. The summed E-state index contributed by atoms with van der Waals surface area (Å²) in [5.41, 5.74) is 6.19. The molecule has 7 heteroatoms. The summed E-state index contributed by atoms with van der Waals surface area (Å²) in [7, 11) is 1.71. The second-order valence-corrected chi connectivity index (χ2v) is 4.17. The van der Waals surface area contributed by atoms with Crippen molar-refractivity contribution in [3.05, 3.63) is 36.1 Å². The standard InChI is InChI=1S/C14H11N5O2/c1-17-11-6-12(19-14(16)18-11)21-13-8-4-2-3-5-9(8)20-10(13)7-15/h2-6H,1H3,(H3,16,17,18,19). The molecule has 0 bridgehead atoms. The van der Waals surface area contributed by atoms with E-state index < -0.39 is 0 Å². The third kappa shape index (κ3) is 2.30. The molecular formula is C14H11N5O2. The van der Waals surface area contributed by atoms with Crippen LogP contribution in [0.4, 0.5) is 11.8 Å². The van der Waals surface area contributed by atoms with Crippen LogP contribution in [-0.4, -0.2) is 17.0 Å². The molecular weight excluding hydrogens is 270 g/mol. The lowest BCUT2D eigenvalue weighted by molar-refractivity contribution is 0.450. The predicted octanol–water partition coefficient (Wildman–Crippen LogP) is 2.51. The highest BCUT2D eigenvalue weighted by Gasteiger charge is 2.17. The molecule has 0 spiro atoms. The minimum atomic E-state index is 0.0724. The molecule has 1 aromatic carbocycles. The molecule has 21 heavy (non-hydrogen) atoms. The highest BCUT2D eigenvalue weighted by molar-refractivity contribution is 5.86. The maximum Gasteiger partial charge on any atom is 0.247 e. The van der Waals surface area contributed by atoms with Gasteiger partial charge in [0.2, 0.25) is 17.6 Å². The van der Waals surface area contributed by atoms with Crippen molar-refractivity contribution >= 4 is 22.7 Å². The number of nitrogen functional groups attached to an aromatic ring is 1. The maximum absolute atomic E-state index is 9.16. The van der Waals surface area contributed by atoms with Crippen molar-refractivity contribution in [2.75, 3.05) is 18.1 Å². The third-order valence-electron chi connectivity index (χ3n) is 2.83. The first-order valence-corrected chi connectivity index (χ1v) is 6.13. The average Bonchev–Trinajstić information content (AvgIpc) is 2.85. The number of fused-ring (bicyclic) bond motifs is 1. The minimum absolute atomic E-state index is 0.0724. The number of aromatic nitrogens is 2. The molecule has 3 N–H and O–H groups in total. The summed E-state index contributed by atoms with van der Waals surface area (Å²) in [6, 6.07) is 10.8. The quantitative estimate of drug-likeness (QED) is 0.758. The summed E-state index contributed by atoms with van der Waals surface area (Å²) in [4.78, 5) is 7.97. The van der Waals surface area contributed by atoms with Crippen LogP contribution >= 0.6 is 0 Å². The highest BCUT2D eigenvalue weighted by atomic mass is 16.5. The molecule has 3 rings (SSSR count). The van der Waals surface area contributed by atoms with Gasteiger partial charge in [-0.2, -0.15) is 15.2 Å². The first kappa shape index (κ1) is 12.7. The topological polar surface area (TPSA) is 110 Å². The van der Waals surface area contributed by atoms with Gasteiger partial charge in [0.05, 0.1) is 5.39 Å². The summed E-state index contributed by atoms with van der Waals surface area (Å²) < 4.78 is 11.1. The lowest BCUT2D eigenvalue weighted by Gasteiger charge is -2.06. The number of nitrogens with zero attached hydrogens (tertiary/aromatic N) is 3. The van der Waals surface area contributed by atoms with E-state index in [0.717, 1.165) is 0 Å². The Labute approximate surface area is 120 Å². The Kier molecular flexibility index (Phi) is 3.04. The molecule has 0 aliphatic heterocycles. The zero-order valence-electron chi connectivity index (χ0n) is 11.1. The van der Waals surface area contributed by atoms with Crippen LogP contribution in [0.5, 0.6) is 11.6 Å². The van der Waals surface area contributed by atoms with E-state index in [2.05, 4.69) is 15.3 Å². The number of nitriles is 1. The summed E-state index contributed by atoms with van der Waals surface area (Å²) >= 11 is 0. The lowest BCUT2D eigenvalue weighted by atomic mass is 10.2. The Hall–Kier alpha value is -3.27. The van der Waals surface area contributed by atoms with Gasteiger partial charge in [0, 0.05) is 13.1 Å². The smallest absolute Gasteiger partial charge is 0.247 e. The molecule has 0 aliphatic rings. The number of ether oxygens (including phenoxy) is 1. The summed E-state index contributed by atoms with van der Waals surface area (Å²) in [6.45, 7) is 0.